The molecule has 0 radical (unpaired) electrons. The highest BCUT2D eigenvalue weighted by Gasteiger charge is 2.15. The number of carbonyl (C=O) groups excluding carboxylic acids is 1. The molecule has 0 atom stereocenters. The number of nitrogens with one attached hydrogen (secondary N) is 1. The first-order valence-corrected chi connectivity index (χ1v) is 8.15. The van der Waals surface area contributed by atoms with Crippen molar-refractivity contribution in [1.29, 1.82) is 0 Å². The number of rotatable bonds is 7. The van der Waals surface area contributed by atoms with Crippen molar-refractivity contribution in [3.05, 3.63) is 54.2 Å². The number of carbonyl (C=O) groups is 1. The number of benzene rings is 1. The standard InChI is InChI=1S/C18H17N3O6/c1-23-10-21-8-12(7-19-21)20-18(22)16-5-3-14(27-16)9-24-13-2-4-15-17(6-13)26-11-25-15/h2-8H,9-11H2,1H3,(H,20,22). The zero-order chi connectivity index (χ0) is 18.6. The second-order valence-electron chi connectivity index (χ2n) is 5.71. The first-order chi connectivity index (χ1) is 13.2. The molecule has 1 aromatic carbocycles. The van der Waals surface area contributed by atoms with Gasteiger partial charge in [0.05, 0.1) is 18.1 Å². The summed E-state index contributed by atoms with van der Waals surface area (Å²) in [5.74, 6) is 2.27. The van der Waals surface area contributed by atoms with E-state index in [1.165, 1.54) is 6.20 Å². The lowest BCUT2D eigenvalue weighted by Gasteiger charge is -2.05. The predicted molar refractivity (Wildman–Crippen MR) is 92.8 cm³/mol. The third-order valence-electron chi connectivity index (χ3n) is 3.76. The summed E-state index contributed by atoms with van der Waals surface area (Å²) in [5.41, 5.74) is 0.548. The number of aromatic nitrogens is 2. The minimum Gasteiger partial charge on any atom is -0.486 e. The highest BCUT2D eigenvalue weighted by atomic mass is 16.7. The van der Waals surface area contributed by atoms with Gasteiger partial charge in [0.2, 0.25) is 6.79 Å². The molecule has 3 aromatic rings. The van der Waals surface area contributed by atoms with E-state index in [1.54, 1.807) is 48.3 Å². The van der Waals surface area contributed by atoms with Gasteiger partial charge < -0.3 is 28.7 Å². The van der Waals surface area contributed by atoms with Gasteiger partial charge in [-0.1, -0.05) is 0 Å². The number of hydrogen-bond donors (Lipinski definition) is 1. The van der Waals surface area contributed by atoms with E-state index in [1.807, 2.05) is 0 Å². The van der Waals surface area contributed by atoms with Crippen molar-refractivity contribution in [3.63, 3.8) is 0 Å². The maximum Gasteiger partial charge on any atom is 0.291 e. The topological polar surface area (TPSA) is 97.0 Å². The molecule has 0 saturated carbocycles. The molecular weight excluding hydrogens is 354 g/mol. The number of hydrogen-bond acceptors (Lipinski definition) is 7. The molecule has 27 heavy (non-hydrogen) atoms. The summed E-state index contributed by atoms with van der Waals surface area (Å²) >= 11 is 0. The molecule has 1 N–H and O–H groups in total. The van der Waals surface area contributed by atoms with Gasteiger partial charge in [0.15, 0.2) is 17.3 Å². The Morgan fingerprint density at radius 3 is 3.04 bits per heavy atom. The Labute approximate surface area is 154 Å². The van der Waals surface area contributed by atoms with Crippen LogP contribution in [0.3, 0.4) is 0 Å². The fraction of sp³-hybridized carbons (Fsp3) is 0.222. The number of amides is 1. The molecule has 4 rings (SSSR count). The van der Waals surface area contributed by atoms with Crippen LogP contribution in [0.25, 0.3) is 0 Å². The van der Waals surface area contributed by atoms with Gasteiger partial charge in [-0.05, 0) is 24.3 Å². The Hall–Kier alpha value is -3.46. The Bertz CT molecular complexity index is 948. The van der Waals surface area contributed by atoms with Gasteiger partial charge in [-0.2, -0.15) is 5.10 Å². The number of anilines is 1. The number of methoxy groups -OCH3 is 1. The van der Waals surface area contributed by atoms with Crippen molar-refractivity contribution < 1.29 is 28.2 Å². The van der Waals surface area contributed by atoms with E-state index in [-0.39, 0.29) is 25.1 Å². The lowest BCUT2D eigenvalue weighted by molar-refractivity contribution is 0.0992. The second-order valence-corrected chi connectivity index (χ2v) is 5.71. The van der Waals surface area contributed by atoms with E-state index in [0.29, 0.717) is 35.4 Å². The molecule has 2 aromatic heterocycles. The molecular formula is C18H17N3O6. The molecule has 0 spiro atoms. The average molecular weight is 371 g/mol. The van der Waals surface area contributed by atoms with Gasteiger partial charge in [0, 0.05) is 13.2 Å². The van der Waals surface area contributed by atoms with Gasteiger partial charge in [-0.15, -0.1) is 0 Å². The third-order valence-corrected chi connectivity index (χ3v) is 3.76. The van der Waals surface area contributed by atoms with E-state index in [0.717, 1.165) is 0 Å². The normalized spacial score (nSPS) is 12.2. The molecule has 0 unspecified atom stereocenters. The lowest BCUT2D eigenvalue weighted by atomic mass is 10.3. The zero-order valence-electron chi connectivity index (χ0n) is 14.5. The largest absolute Gasteiger partial charge is 0.486 e. The highest BCUT2D eigenvalue weighted by molar-refractivity contribution is 6.02. The fourth-order valence-electron chi connectivity index (χ4n) is 2.52. The van der Waals surface area contributed by atoms with Crippen LogP contribution in [0.15, 0.2) is 47.1 Å². The maximum atomic E-state index is 12.3. The number of nitrogens with zero attached hydrogens (tertiary/aromatic N) is 2. The van der Waals surface area contributed by atoms with Crippen LogP contribution < -0.4 is 19.5 Å². The molecule has 0 aliphatic carbocycles. The highest BCUT2D eigenvalue weighted by Crippen LogP contribution is 2.35. The summed E-state index contributed by atoms with van der Waals surface area (Å²) in [6.07, 6.45) is 3.19. The summed E-state index contributed by atoms with van der Waals surface area (Å²) in [4.78, 5) is 12.3. The number of ether oxygens (including phenoxy) is 4. The summed E-state index contributed by atoms with van der Waals surface area (Å²) in [6, 6.07) is 8.59. The zero-order valence-corrected chi connectivity index (χ0v) is 14.5. The summed E-state index contributed by atoms with van der Waals surface area (Å²) in [6.45, 7) is 0.691. The molecule has 1 aliphatic rings. The predicted octanol–water partition coefficient (Wildman–Crippen LogP) is 2.64. The Morgan fingerprint density at radius 2 is 2.15 bits per heavy atom. The Kier molecular flexibility index (Phi) is 4.67. The lowest BCUT2D eigenvalue weighted by Crippen LogP contribution is -2.10. The molecule has 0 bridgehead atoms. The minimum absolute atomic E-state index is 0.179. The van der Waals surface area contributed by atoms with E-state index in [9.17, 15) is 4.79 Å². The smallest absolute Gasteiger partial charge is 0.291 e. The first kappa shape index (κ1) is 17.0. The minimum atomic E-state index is -0.374. The summed E-state index contributed by atoms with van der Waals surface area (Å²) in [7, 11) is 1.57. The van der Waals surface area contributed by atoms with E-state index >= 15 is 0 Å². The Balaban J connectivity index is 1.34. The van der Waals surface area contributed by atoms with Gasteiger partial charge in [0.25, 0.3) is 5.91 Å². The van der Waals surface area contributed by atoms with E-state index in [2.05, 4.69) is 10.4 Å². The van der Waals surface area contributed by atoms with Crippen molar-refractivity contribution in [1.82, 2.24) is 9.78 Å². The van der Waals surface area contributed by atoms with Crippen LogP contribution in [0.1, 0.15) is 16.3 Å². The molecule has 1 amide bonds. The van der Waals surface area contributed by atoms with Crippen LogP contribution in [0.4, 0.5) is 5.69 Å². The number of fused-ring (bicyclic) bond motifs is 1. The quantitative estimate of drug-likeness (QED) is 0.682. The summed E-state index contributed by atoms with van der Waals surface area (Å²) < 4.78 is 28.3. The van der Waals surface area contributed by atoms with Crippen molar-refractivity contribution >= 4 is 11.6 Å². The molecule has 9 nitrogen and oxygen atoms in total. The van der Waals surface area contributed by atoms with Crippen LogP contribution in [-0.2, 0) is 18.1 Å². The van der Waals surface area contributed by atoms with Crippen molar-refractivity contribution in [2.75, 3.05) is 19.2 Å². The van der Waals surface area contributed by atoms with Gasteiger partial charge >= 0.3 is 0 Å². The monoisotopic (exact) mass is 371 g/mol. The molecule has 0 fully saturated rings. The molecule has 0 saturated heterocycles. The second kappa shape index (κ2) is 7.42. The van der Waals surface area contributed by atoms with Gasteiger partial charge in [-0.25, -0.2) is 4.68 Å². The third kappa shape index (κ3) is 3.87. The van der Waals surface area contributed by atoms with Crippen LogP contribution >= 0.6 is 0 Å². The van der Waals surface area contributed by atoms with Crippen molar-refractivity contribution in [2.24, 2.45) is 0 Å². The Morgan fingerprint density at radius 1 is 1.26 bits per heavy atom. The number of furan rings is 1. The van der Waals surface area contributed by atoms with Crippen LogP contribution in [-0.4, -0.2) is 29.6 Å². The average Bonchev–Trinajstić information content (AvgIpc) is 3.40. The van der Waals surface area contributed by atoms with Crippen LogP contribution in [0, 0.1) is 0 Å². The van der Waals surface area contributed by atoms with Crippen LogP contribution in [0.2, 0.25) is 0 Å². The first-order valence-electron chi connectivity index (χ1n) is 8.15. The van der Waals surface area contributed by atoms with E-state index < -0.39 is 0 Å². The fourth-order valence-corrected chi connectivity index (χ4v) is 2.52. The SMILES string of the molecule is COCn1cc(NC(=O)c2ccc(COc3ccc4c(c3)OCO4)o2)cn1. The molecule has 1 aliphatic heterocycles. The molecule has 9 heteroatoms. The summed E-state index contributed by atoms with van der Waals surface area (Å²) in [5, 5.41) is 6.76. The van der Waals surface area contributed by atoms with Crippen molar-refractivity contribution in [2.45, 2.75) is 13.3 Å². The van der Waals surface area contributed by atoms with Crippen molar-refractivity contribution in [3.8, 4) is 17.2 Å². The van der Waals surface area contributed by atoms with E-state index in [4.69, 9.17) is 23.4 Å². The molecule has 140 valence electrons. The molecule has 3 heterocycles. The van der Waals surface area contributed by atoms with Gasteiger partial charge in [0.1, 0.15) is 24.8 Å². The van der Waals surface area contributed by atoms with Crippen LogP contribution in [0.5, 0.6) is 17.2 Å². The maximum absolute atomic E-state index is 12.3. The van der Waals surface area contributed by atoms with Gasteiger partial charge in [-0.3, -0.25) is 4.79 Å².